The van der Waals surface area contributed by atoms with Crippen LogP contribution < -0.4 is 14.8 Å². The Morgan fingerprint density at radius 1 is 1.31 bits per heavy atom. The standard InChI is InChI=1S/C13H17NO2/c1-15-10-4-5-12-11(8-10)14-13(9-16-12)6-2-3-7-13/h4-5,8,14H,2-3,6-7,9H2,1H3. The summed E-state index contributed by atoms with van der Waals surface area (Å²) in [5.74, 6) is 1.82. The number of methoxy groups -OCH3 is 1. The Hall–Kier alpha value is -1.38. The molecule has 0 atom stereocenters. The van der Waals surface area contributed by atoms with Gasteiger partial charge in [-0.1, -0.05) is 12.8 Å². The second kappa shape index (κ2) is 3.58. The van der Waals surface area contributed by atoms with E-state index in [0.717, 1.165) is 23.8 Å². The van der Waals surface area contributed by atoms with Crippen molar-refractivity contribution < 1.29 is 9.47 Å². The zero-order valence-electron chi connectivity index (χ0n) is 9.58. The molecule has 1 fully saturated rings. The van der Waals surface area contributed by atoms with Gasteiger partial charge in [-0.05, 0) is 25.0 Å². The Bertz CT molecular complexity index is 397. The molecule has 1 aromatic rings. The highest BCUT2D eigenvalue weighted by Crippen LogP contribution is 2.41. The van der Waals surface area contributed by atoms with Crippen LogP contribution in [0.4, 0.5) is 5.69 Å². The van der Waals surface area contributed by atoms with Crippen LogP contribution in [0.5, 0.6) is 11.5 Å². The van der Waals surface area contributed by atoms with Crippen LogP contribution in [0.3, 0.4) is 0 Å². The Labute approximate surface area is 95.8 Å². The largest absolute Gasteiger partial charge is 0.497 e. The average molecular weight is 219 g/mol. The minimum absolute atomic E-state index is 0.180. The molecule has 3 nitrogen and oxygen atoms in total. The molecule has 0 amide bonds. The summed E-state index contributed by atoms with van der Waals surface area (Å²) >= 11 is 0. The van der Waals surface area contributed by atoms with E-state index < -0.39 is 0 Å². The van der Waals surface area contributed by atoms with Gasteiger partial charge in [0.2, 0.25) is 0 Å². The van der Waals surface area contributed by atoms with E-state index >= 15 is 0 Å². The van der Waals surface area contributed by atoms with E-state index in [-0.39, 0.29) is 5.54 Å². The van der Waals surface area contributed by atoms with Gasteiger partial charge in [0.15, 0.2) is 0 Å². The van der Waals surface area contributed by atoms with Crippen LogP contribution in [0.2, 0.25) is 0 Å². The summed E-state index contributed by atoms with van der Waals surface area (Å²) in [5.41, 5.74) is 1.26. The first-order valence-corrected chi connectivity index (χ1v) is 5.90. The van der Waals surface area contributed by atoms with Crippen molar-refractivity contribution in [2.45, 2.75) is 31.2 Å². The molecule has 1 N–H and O–H groups in total. The molecule has 86 valence electrons. The van der Waals surface area contributed by atoms with Crippen molar-refractivity contribution in [1.29, 1.82) is 0 Å². The molecule has 1 saturated carbocycles. The number of nitrogens with one attached hydrogen (secondary N) is 1. The molecular formula is C13H17NO2. The van der Waals surface area contributed by atoms with Gasteiger partial charge in [-0.3, -0.25) is 0 Å². The number of rotatable bonds is 1. The third-order valence-electron chi connectivity index (χ3n) is 3.65. The first kappa shape index (κ1) is 9.82. The van der Waals surface area contributed by atoms with Crippen molar-refractivity contribution in [2.24, 2.45) is 0 Å². The molecule has 1 aliphatic heterocycles. The lowest BCUT2D eigenvalue weighted by Crippen LogP contribution is -2.44. The molecule has 1 spiro atoms. The molecule has 1 heterocycles. The third kappa shape index (κ3) is 1.51. The van der Waals surface area contributed by atoms with Crippen LogP contribution in [0.1, 0.15) is 25.7 Å². The Morgan fingerprint density at radius 2 is 2.12 bits per heavy atom. The maximum absolute atomic E-state index is 5.84. The average Bonchev–Trinajstić information content (AvgIpc) is 2.76. The lowest BCUT2D eigenvalue weighted by Gasteiger charge is -2.36. The van der Waals surface area contributed by atoms with Crippen molar-refractivity contribution in [3.05, 3.63) is 18.2 Å². The summed E-state index contributed by atoms with van der Waals surface area (Å²) in [6.45, 7) is 0.798. The fourth-order valence-corrected chi connectivity index (χ4v) is 2.72. The molecular weight excluding hydrogens is 202 g/mol. The normalized spacial score (nSPS) is 21.1. The van der Waals surface area contributed by atoms with Crippen molar-refractivity contribution in [3.8, 4) is 11.5 Å². The predicted molar refractivity (Wildman–Crippen MR) is 63.3 cm³/mol. The zero-order valence-corrected chi connectivity index (χ0v) is 9.58. The molecule has 16 heavy (non-hydrogen) atoms. The molecule has 3 heteroatoms. The van der Waals surface area contributed by atoms with Crippen LogP contribution in [-0.2, 0) is 0 Å². The van der Waals surface area contributed by atoms with Gasteiger partial charge < -0.3 is 14.8 Å². The van der Waals surface area contributed by atoms with Crippen molar-refractivity contribution in [3.63, 3.8) is 0 Å². The lowest BCUT2D eigenvalue weighted by molar-refractivity contribution is 0.220. The summed E-state index contributed by atoms with van der Waals surface area (Å²) in [6, 6.07) is 5.94. The minimum Gasteiger partial charge on any atom is -0.497 e. The van der Waals surface area contributed by atoms with E-state index in [0.29, 0.717) is 0 Å². The van der Waals surface area contributed by atoms with E-state index in [1.807, 2.05) is 18.2 Å². The molecule has 0 bridgehead atoms. The molecule has 3 rings (SSSR count). The second-order valence-electron chi connectivity index (χ2n) is 4.76. The molecule has 0 unspecified atom stereocenters. The fourth-order valence-electron chi connectivity index (χ4n) is 2.72. The molecule has 2 aliphatic rings. The smallest absolute Gasteiger partial charge is 0.142 e. The monoisotopic (exact) mass is 219 g/mol. The maximum Gasteiger partial charge on any atom is 0.142 e. The van der Waals surface area contributed by atoms with Crippen molar-refractivity contribution in [1.82, 2.24) is 0 Å². The summed E-state index contributed by atoms with van der Waals surface area (Å²) in [5, 5.41) is 3.64. The Morgan fingerprint density at radius 3 is 2.88 bits per heavy atom. The number of hydrogen-bond donors (Lipinski definition) is 1. The Kier molecular flexibility index (Phi) is 2.20. The Balaban J connectivity index is 1.91. The van der Waals surface area contributed by atoms with Crippen molar-refractivity contribution >= 4 is 5.69 Å². The second-order valence-corrected chi connectivity index (χ2v) is 4.76. The van der Waals surface area contributed by atoms with E-state index in [1.165, 1.54) is 25.7 Å². The summed E-state index contributed by atoms with van der Waals surface area (Å²) in [6.07, 6.45) is 5.03. The number of ether oxygens (including phenoxy) is 2. The SMILES string of the molecule is COc1ccc2c(c1)NC1(CCCC1)CO2. The van der Waals surface area contributed by atoms with Gasteiger partial charge in [-0.15, -0.1) is 0 Å². The van der Waals surface area contributed by atoms with Crippen LogP contribution in [0.15, 0.2) is 18.2 Å². The van der Waals surface area contributed by atoms with Gasteiger partial charge in [-0.25, -0.2) is 0 Å². The van der Waals surface area contributed by atoms with Crippen LogP contribution in [0, 0.1) is 0 Å². The van der Waals surface area contributed by atoms with Gasteiger partial charge >= 0.3 is 0 Å². The third-order valence-corrected chi connectivity index (χ3v) is 3.65. The molecule has 0 radical (unpaired) electrons. The maximum atomic E-state index is 5.84. The molecule has 0 aromatic heterocycles. The highest BCUT2D eigenvalue weighted by molar-refractivity contribution is 5.62. The summed E-state index contributed by atoms with van der Waals surface area (Å²) in [7, 11) is 1.69. The van der Waals surface area contributed by atoms with Gasteiger partial charge in [0.05, 0.1) is 18.3 Å². The quantitative estimate of drug-likeness (QED) is 0.787. The van der Waals surface area contributed by atoms with Gasteiger partial charge in [0.25, 0.3) is 0 Å². The number of anilines is 1. The summed E-state index contributed by atoms with van der Waals surface area (Å²) in [4.78, 5) is 0. The van der Waals surface area contributed by atoms with E-state index in [1.54, 1.807) is 7.11 Å². The fraction of sp³-hybridized carbons (Fsp3) is 0.538. The number of hydrogen-bond acceptors (Lipinski definition) is 3. The van der Waals surface area contributed by atoms with Crippen molar-refractivity contribution in [2.75, 3.05) is 19.0 Å². The highest BCUT2D eigenvalue weighted by atomic mass is 16.5. The predicted octanol–water partition coefficient (Wildman–Crippen LogP) is 2.81. The number of benzene rings is 1. The van der Waals surface area contributed by atoms with Crippen LogP contribution in [0.25, 0.3) is 0 Å². The van der Waals surface area contributed by atoms with E-state index in [4.69, 9.17) is 9.47 Å². The van der Waals surface area contributed by atoms with Gasteiger partial charge in [0.1, 0.15) is 18.1 Å². The number of fused-ring (bicyclic) bond motifs is 1. The molecule has 0 saturated heterocycles. The van der Waals surface area contributed by atoms with E-state index in [9.17, 15) is 0 Å². The van der Waals surface area contributed by atoms with Gasteiger partial charge in [0, 0.05) is 6.07 Å². The van der Waals surface area contributed by atoms with Crippen LogP contribution >= 0.6 is 0 Å². The molecule has 1 aromatic carbocycles. The van der Waals surface area contributed by atoms with E-state index in [2.05, 4.69) is 5.32 Å². The topological polar surface area (TPSA) is 30.5 Å². The minimum atomic E-state index is 0.180. The van der Waals surface area contributed by atoms with Crippen LogP contribution in [-0.4, -0.2) is 19.3 Å². The highest BCUT2D eigenvalue weighted by Gasteiger charge is 2.38. The first-order valence-electron chi connectivity index (χ1n) is 5.90. The summed E-state index contributed by atoms with van der Waals surface area (Å²) < 4.78 is 11.1. The lowest BCUT2D eigenvalue weighted by atomic mass is 9.96. The first-order chi connectivity index (χ1) is 7.81. The molecule has 1 aliphatic carbocycles. The zero-order chi connectivity index (χ0) is 11.0. The van der Waals surface area contributed by atoms with Gasteiger partial charge in [-0.2, -0.15) is 0 Å².